The van der Waals surface area contributed by atoms with E-state index >= 15 is 0 Å². The third-order valence-electron chi connectivity index (χ3n) is 10.1. The summed E-state index contributed by atoms with van der Waals surface area (Å²) in [6.45, 7) is 20.2. The summed E-state index contributed by atoms with van der Waals surface area (Å²) in [6.07, 6.45) is 3.24. The van der Waals surface area contributed by atoms with Crippen molar-refractivity contribution in [2.45, 2.75) is 91.4 Å². The molecule has 3 aromatic rings. The average molecular weight is 863 g/mol. The van der Waals surface area contributed by atoms with Crippen LogP contribution in [0.4, 0.5) is 19.0 Å². The van der Waals surface area contributed by atoms with Crippen molar-refractivity contribution in [3.05, 3.63) is 71.7 Å². The van der Waals surface area contributed by atoms with Gasteiger partial charge in [-0.2, -0.15) is 13.2 Å². The Labute approximate surface area is 362 Å². The first-order valence-corrected chi connectivity index (χ1v) is 21.9. The number of aromatic nitrogens is 2. The van der Waals surface area contributed by atoms with Crippen LogP contribution in [0, 0.1) is 6.92 Å². The van der Waals surface area contributed by atoms with Gasteiger partial charge in [-0.25, -0.2) is 4.98 Å². The Bertz CT molecular complexity index is 1600. The van der Waals surface area contributed by atoms with E-state index in [0.29, 0.717) is 51.7 Å². The second kappa shape index (κ2) is 30.1. The number of anilines is 1. The van der Waals surface area contributed by atoms with Crippen molar-refractivity contribution in [3.8, 4) is 17.2 Å². The number of piperazine rings is 1. The SMILES string of the molecule is CC.CC.CO.Cc1cc(CCN)ccc1Oc1ccc(OCCCNC(=O)CN2CCC(N3CCN(C)CC3)CC2)cc1.FC(F)(F)c1cncc(NC2CCCOC2)n1. The summed E-state index contributed by atoms with van der Waals surface area (Å²) in [7, 11) is 3.20. The topological polar surface area (TPSA) is 151 Å². The Hall–Kier alpha value is -4.06. The fourth-order valence-corrected chi connectivity index (χ4v) is 6.89. The van der Waals surface area contributed by atoms with E-state index in [2.05, 4.69) is 54.5 Å². The number of amides is 1. The van der Waals surface area contributed by atoms with Crippen molar-refractivity contribution in [1.82, 2.24) is 30.0 Å². The molecule has 3 saturated heterocycles. The molecular formula is C45H73F3N8O5. The standard InChI is InChI=1S/C30H45N5O3.C10H12F3N3O.2C2H6.CH4O/c1-24-22-25(10-13-31)4-9-29(24)38-28-7-5-27(6-8-28)37-21-3-14-32-30(36)23-34-15-11-26(12-16-34)35-19-17-33(2)18-20-35;11-10(12,13)8-4-14-5-9(16-8)15-7-2-1-3-17-6-7;3*1-2/h4-9,22,26H,3,10-21,23,31H2,1-2H3,(H,32,36);4-5,7H,1-3,6H2,(H,15,16);2*1-2H3;2H,1H3. The summed E-state index contributed by atoms with van der Waals surface area (Å²) >= 11 is 0. The van der Waals surface area contributed by atoms with E-state index in [1.807, 2.05) is 65.0 Å². The summed E-state index contributed by atoms with van der Waals surface area (Å²) in [6, 6.07) is 14.5. The molecule has 1 aromatic heterocycles. The maximum absolute atomic E-state index is 12.4. The molecule has 13 nitrogen and oxygen atoms in total. The van der Waals surface area contributed by atoms with Crippen LogP contribution in [0.3, 0.4) is 0 Å². The first-order chi connectivity index (χ1) is 29.6. The fourth-order valence-electron chi connectivity index (χ4n) is 6.89. The molecule has 1 unspecified atom stereocenters. The van der Waals surface area contributed by atoms with Crippen molar-refractivity contribution >= 4 is 11.7 Å². The van der Waals surface area contributed by atoms with Gasteiger partial charge in [0.1, 0.15) is 23.1 Å². The number of nitrogens with two attached hydrogens (primary N) is 1. The van der Waals surface area contributed by atoms with Gasteiger partial charge in [0, 0.05) is 65.6 Å². The largest absolute Gasteiger partial charge is 0.494 e. The van der Waals surface area contributed by atoms with E-state index < -0.39 is 11.9 Å². The number of carbonyl (C=O) groups excluding carboxylic acids is 1. The summed E-state index contributed by atoms with van der Waals surface area (Å²) in [5.74, 6) is 2.65. The maximum atomic E-state index is 12.4. The van der Waals surface area contributed by atoms with Crippen LogP contribution < -0.4 is 25.8 Å². The zero-order valence-corrected chi connectivity index (χ0v) is 37.6. The lowest BCUT2D eigenvalue weighted by molar-refractivity contribution is -0.141. The van der Waals surface area contributed by atoms with Crippen molar-refractivity contribution in [3.63, 3.8) is 0 Å². The van der Waals surface area contributed by atoms with Gasteiger partial charge in [-0.15, -0.1) is 0 Å². The number of benzene rings is 2. The van der Waals surface area contributed by atoms with Crippen LogP contribution in [0.25, 0.3) is 0 Å². The molecule has 1 atom stereocenters. The third-order valence-corrected chi connectivity index (χ3v) is 10.1. The third kappa shape index (κ3) is 20.1. The molecule has 5 N–H and O–H groups in total. The number of nitrogens with one attached hydrogen (secondary N) is 2. The molecule has 4 heterocycles. The first kappa shape index (κ1) is 53.1. The molecule has 16 heteroatoms. The van der Waals surface area contributed by atoms with Gasteiger partial charge >= 0.3 is 6.18 Å². The summed E-state index contributed by atoms with van der Waals surface area (Å²) in [5, 5.41) is 12.9. The minimum absolute atomic E-state index is 0.00142. The second-order valence-corrected chi connectivity index (χ2v) is 14.5. The van der Waals surface area contributed by atoms with Crippen LogP contribution in [0.1, 0.15) is 76.6 Å². The van der Waals surface area contributed by atoms with Crippen LogP contribution in [0.5, 0.6) is 17.2 Å². The lowest BCUT2D eigenvalue weighted by Gasteiger charge is -2.41. The number of rotatable bonds is 14. The Morgan fingerprint density at radius 1 is 0.951 bits per heavy atom. The molecule has 1 amide bonds. The number of likely N-dealkylation sites (N-methyl/N-ethyl adjacent to an activating group) is 1. The normalized spacial score (nSPS) is 17.3. The van der Waals surface area contributed by atoms with Crippen molar-refractivity contribution in [2.24, 2.45) is 5.73 Å². The molecule has 0 saturated carbocycles. The van der Waals surface area contributed by atoms with E-state index in [4.69, 9.17) is 25.1 Å². The summed E-state index contributed by atoms with van der Waals surface area (Å²) in [4.78, 5) is 26.7. The van der Waals surface area contributed by atoms with E-state index in [0.717, 1.165) is 94.6 Å². The van der Waals surface area contributed by atoms with E-state index in [-0.39, 0.29) is 17.8 Å². The highest BCUT2D eigenvalue weighted by molar-refractivity contribution is 5.78. The highest BCUT2D eigenvalue weighted by Crippen LogP contribution is 2.29. The van der Waals surface area contributed by atoms with Crippen LogP contribution in [-0.4, -0.2) is 141 Å². The van der Waals surface area contributed by atoms with E-state index in [9.17, 15) is 18.0 Å². The zero-order valence-electron chi connectivity index (χ0n) is 37.6. The van der Waals surface area contributed by atoms with Gasteiger partial charge < -0.3 is 40.6 Å². The lowest BCUT2D eigenvalue weighted by Crippen LogP contribution is -2.53. The number of hydrogen-bond acceptors (Lipinski definition) is 12. The molecule has 344 valence electrons. The Kier molecular flexibility index (Phi) is 26.2. The number of ether oxygens (including phenoxy) is 3. The molecule has 3 fully saturated rings. The number of aliphatic hydroxyl groups excluding tert-OH is 1. The van der Waals surface area contributed by atoms with Gasteiger partial charge in [0.15, 0.2) is 5.69 Å². The quantitative estimate of drug-likeness (QED) is 0.129. The van der Waals surface area contributed by atoms with E-state index in [1.54, 1.807) is 0 Å². The van der Waals surface area contributed by atoms with Gasteiger partial charge in [-0.3, -0.25) is 19.6 Å². The van der Waals surface area contributed by atoms with Crippen LogP contribution in [0.2, 0.25) is 0 Å². The molecular weight excluding hydrogens is 790 g/mol. The van der Waals surface area contributed by atoms with Crippen LogP contribution >= 0.6 is 0 Å². The zero-order chi connectivity index (χ0) is 45.0. The van der Waals surface area contributed by atoms with Crippen LogP contribution in [0.15, 0.2) is 54.9 Å². The molecule has 6 rings (SSSR count). The number of nitrogens with zero attached hydrogens (tertiary/aromatic N) is 5. The lowest BCUT2D eigenvalue weighted by atomic mass is 10.0. The molecule has 0 aliphatic carbocycles. The van der Waals surface area contributed by atoms with Crippen molar-refractivity contribution < 1.29 is 37.3 Å². The number of carbonyl (C=O) groups is 1. The predicted molar refractivity (Wildman–Crippen MR) is 237 cm³/mol. The average Bonchev–Trinajstić information content (AvgIpc) is 3.28. The fraction of sp³-hybridized carbons (Fsp3) is 0.622. The minimum atomic E-state index is -4.46. The van der Waals surface area contributed by atoms with Gasteiger partial charge in [0.05, 0.1) is 38.2 Å². The number of likely N-dealkylation sites (tertiary alicyclic amines) is 1. The monoisotopic (exact) mass is 863 g/mol. The number of hydrogen-bond donors (Lipinski definition) is 4. The Morgan fingerprint density at radius 3 is 2.23 bits per heavy atom. The van der Waals surface area contributed by atoms with Gasteiger partial charge in [-0.1, -0.05) is 39.8 Å². The number of aryl methyl sites for hydroxylation is 1. The Morgan fingerprint density at radius 2 is 1.62 bits per heavy atom. The number of halogens is 3. The van der Waals surface area contributed by atoms with E-state index in [1.165, 1.54) is 24.8 Å². The summed E-state index contributed by atoms with van der Waals surface area (Å²) < 4.78 is 54.3. The molecule has 3 aliphatic rings. The molecule has 0 bridgehead atoms. The van der Waals surface area contributed by atoms with Crippen LogP contribution in [-0.2, 0) is 22.1 Å². The highest BCUT2D eigenvalue weighted by atomic mass is 19.4. The number of alkyl halides is 3. The minimum Gasteiger partial charge on any atom is -0.494 e. The first-order valence-electron chi connectivity index (χ1n) is 21.9. The molecule has 0 radical (unpaired) electrons. The molecule has 2 aromatic carbocycles. The van der Waals surface area contributed by atoms with Gasteiger partial charge in [0.2, 0.25) is 5.91 Å². The Balaban J connectivity index is 0.000000463. The highest BCUT2D eigenvalue weighted by Gasteiger charge is 2.33. The summed E-state index contributed by atoms with van der Waals surface area (Å²) in [5.41, 5.74) is 6.97. The predicted octanol–water partition coefficient (Wildman–Crippen LogP) is 6.63. The van der Waals surface area contributed by atoms with Crippen molar-refractivity contribution in [2.75, 3.05) is 98.2 Å². The molecule has 3 aliphatic heterocycles. The number of piperidine rings is 1. The smallest absolute Gasteiger partial charge is 0.434 e. The number of aliphatic hydroxyl groups is 1. The maximum Gasteiger partial charge on any atom is 0.434 e. The van der Waals surface area contributed by atoms with Gasteiger partial charge in [0.25, 0.3) is 0 Å². The van der Waals surface area contributed by atoms with Gasteiger partial charge in [-0.05, 0) is 100 Å². The molecule has 0 spiro atoms. The molecule has 61 heavy (non-hydrogen) atoms. The second-order valence-electron chi connectivity index (χ2n) is 14.5. The van der Waals surface area contributed by atoms with Crippen molar-refractivity contribution in [1.29, 1.82) is 0 Å².